The number of anilines is 1. The number of hydrogen-bond acceptors (Lipinski definition) is 3. The van der Waals surface area contributed by atoms with Gasteiger partial charge in [0.05, 0.1) is 0 Å². The first kappa shape index (κ1) is 20.9. The fourth-order valence-electron chi connectivity index (χ4n) is 2.44. The van der Waals surface area contributed by atoms with Crippen molar-refractivity contribution in [2.75, 3.05) is 24.2 Å². The van der Waals surface area contributed by atoms with Crippen molar-refractivity contribution in [1.29, 1.82) is 0 Å². The molecule has 0 heterocycles. The molecule has 0 unspecified atom stereocenters. The SMILES string of the molecule is CCN(CC)C(=O)c1ccc(NC(=O)CCSc2ccc(F)c(F)c2)cc1. The second-order valence-corrected chi connectivity index (χ2v) is 6.95. The zero-order valence-corrected chi connectivity index (χ0v) is 16.1. The molecule has 0 aliphatic carbocycles. The molecule has 4 nitrogen and oxygen atoms in total. The number of nitrogens with zero attached hydrogens (tertiary/aromatic N) is 1. The summed E-state index contributed by atoms with van der Waals surface area (Å²) in [5, 5.41) is 2.76. The molecule has 144 valence electrons. The van der Waals surface area contributed by atoms with E-state index in [1.165, 1.54) is 17.8 Å². The summed E-state index contributed by atoms with van der Waals surface area (Å²) in [4.78, 5) is 26.6. The van der Waals surface area contributed by atoms with E-state index in [-0.39, 0.29) is 18.2 Å². The van der Waals surface area contributed by atoms with Crippen LogP contribution in [0.4, 0.5) is 14.5 Å². The molecule has 1 N–H and O–H groups in total. The van der Waals surface area contributed by atoms with Crippen LogP contribution in [-0.2, 0) is 4.79 Å². The molecular formula is C20H22F2N2O2S. The van der Waals surface area contributed by atoms with E-state index < -0.39 is 11.6 Å². The topological polar surface area (TPSA) is 49.4 Å². The minimum atomic E-state index is -0.899. The smallest absolute Gasteiger partial charge is 0.253 e. The number of rotatable bonds is 8. The molecule has 0 aliphatic rings. The van der Waals surface area contributed by atoms with E-state index in [0.717, 1.165) is 12.1 Å². The highest BCUT2D eigenvalue weighted by Crippen LogP contribution is 2.21. The molecule has 0 saturated carbocycles. The molecule has 0 spiro atoms. The first-order valence-electron chi connectivity index (χ1n) is 8.71. The number of hydrogen-bond donors (Lipinski definition) is 1. The second kappa shape index (κ2) is 10.1. The molecule has 0 aliphatic heterocycles. The Hall–Kier alpha value is -2.41. The van der Waals surface area contributed by atoms with Crippen LogP contribution in [0.1, 0.15) is 30.6 Å². The molecule has 0 atom stereocenters. The van der Waals surface area contributed by atoms with Gasteiger partial charge in [-0.05, 0) is 56.3 Å². The van der Waals surface area contributed by atoms with Gasteiger partial charge in [0.15, 0.2) is 11.6 Å². The van der Waals surface area contributed by atoms with Gasteiger partial charge >= 0.3 is 0 Å². The molecule has 2 aromatic rings. The first-order chi connectivity index (χ1) is 12.9. The van der Waals surface area contributed by atoms with Gasteiger partial charge < -0.3 is 10.2 Å². The Morgan fingerprint density at radius 3 is 2.26 bits per heavy atom. The first-order valence-corrected chi connectivity index (χ1v) is 9.70. The number of carbonyl (C=O) groups is 2. The maximum Gasteiger partial charge on any atom is 0.253 e. The van der Waals surface area contributed by atoms with Gasteiger partial charge in [-0.25, -0.2) is 8.78 Å². The average Bonchev–Trinajstić information content (AvgIpc) is 2.66. The Bertz CT molecular complexity index is 793. The summed E-state index contributed by atoms with van der Waals surface area (Å²) in [6.45, 7) is 5.13. The lowest BCUT2D eigenvalue weighted by atomic mass is 10.1. The minimum absolute atomic E-state index is 0.0409. The van der Waals surface area contributed by atoms with E-state index in [0.29, 0.717) is 35.0 Å². The highest BCUT2D eigenvalue weighted by Gasteiger charge is 2.12. The van der Waals surface area contributed by atoms with Crippen LogP contribution >= 0.6 is 11.8 Å². The maximum absolute atomic E-state index is 13.1. The average molecular weight is 392 g/mol. The highest BCUT2D eigenvalue weighted by atomic mass is 32.2. The van der Waals surface area contributed by atoms with Crippen molar-refractivity contribution in [3.63, 3.8) is 0 Å². The quantitative estimate of drug-likeness (QED) is 0.670. The predicted octanol–water partition coefficient (Wildman–Crippen LogP) is 4.57. The van der Waals surface area contributed by atoms with Crippen LogP contribution in [0.5, 0.6) is 0 Å². The van der Waals surface area contributed by atoms with Gasteiger partial charge in [0.2, 0.25) is 5.91 Å². The van der Waals surface area contributed by atoms with Crippen LogP contribution in [0, 0.1) is 11.6 Å². The van der Waals surface area contributed by atoms with E-state index >= 15 is 0 Å². The number of thioether (sulfide) groups is 1. The van der Waals surface area contributed by atoms with Crippen molar-refractivity contribution >= 4 is 29.3 Å². The zero-order valence-electron chi connectivity index (χ0n) is 15.3. The standard InChI is InChI=1S/C20H22F2N2O2S/c1-3-24(4-2)20(26)14-5-7-15(8-6-14)23-19(25)11-12-27-16-9-10-17(21)18(22)13-16/h5-10,13H,3-4,11-12H2,1-2H3,(H,23,25). The summed E-state index contributed by atoms with van der Waals surface area (Å²) in [6, 6.07) is 10.4. The van der Waals surface area contributed by atoms with Crippen molar-refractivity contribution in [3.8, 4) is 0 Å². The molecule has 2 aromatic carbocycles. The molecule has 0 bridgehead atoms. The molecule has 2 rings (SSSR count). The largest absolute Gasteiger partial charge is 0.339 e. The third-order valence-electron chi connectivity index (χ3n) is 3.96. The van der Waals surface area contributed by atoms with Gasteiger partial charge in [-0.2, -0.15) is 0 Å². The summed E-state index contributed by atoms with van der Waals surface area (Å²) in [6.07, 6.45) is 0.226. The van der Waals surface area contributed by atoms with E-state index in [1.54, 1.807) is 29.2 Å². The van der Waals surface area contributed by atoms with Crippen LogP contribution < -0.4 is 5.32 Å². The van der Waals surface area contributed by atoms with Crippen molar-refractivity contribution in [3.05, 3.63) is 59.7 Å². The fourth-order valence-corrected chi connectivity index (χ4v) is 3.32. The molecule has 7 heteroatoms. The Labute approximate surface area is 161 Å². The Morgan fingerprint density at radius 2 is 1.67 bits per heavy atom. The Kier molecular flexibility index (Phi) is 7.79. The van der Waals surface area contributed by atoms with Crippen molar-refractivity contribution in [1.82, 2.24) is 4.90 Å². The lowest BCUT2D eigenvalue weighted by molar-refractivity contribution is -0.115. The monoisotopic (exact) mass is 392 g/mol. The number of carbonyl (C=O) groups excluding carboxylic acids is 2. The lowest BCUT2D eigenvalue weighted by Gasteiger charge is -2.18. The van der Waals surface area contributed by atoms with Crippen LogP contribution in [-0.4, -0.2) is 35.6 Å². The summed E-state index contributed by atoms with van der Waals surface area (Å²) in [5.41, 5.74) is 1.18. The predicted molar refractivity (Wildman–Crippen MR) is 104 cm³/mol. The fraction of sp³-hybridized carbons (Fsp3) is 0.300. The number of nitrogens with one attached hydrogen (secondary N) is 1. The van der Waals surface area contributed by atoms with Gasteiger partial charge in [0, 0.05) is 41.4 Å². The summed E-state index contributed by atoms with van der Waals surface area (Å²) >= 11 is 1.28. The molecular weight excluding hydrogens is 370 g/mol. The van der Waals surface area contributed by atoms with E-state index in [4.69, 9.17) is 0 Å². The van der Waals surface area contributed by atoms with E-state index in [1.807, 2.05) is 13.8 Å². The summed E-state index contributed by atoms with van der Waals surface area (Å²) in [7, 11) is 0. The third kappa shape index (κ3) is 6.06. The molecule has 0 radical (unpaired) electrons. The number of halogens is 2. The number of amides is 2. The Balaban J connectivity index is 1.83. The maximum atomic E-state index is 13.1. The van der Waals surface area contributed by atoms with Crippen LogP contribution in [0.2, 0.25) is 0 Å². The van der Waals surface area contributed by atoms with Gasteiger partial charge in [-0.3, -0.25) is 9.59 Å². The third-order valence-corrected chi connectivity index (χ3v) is 4.95. The molecule has 2 amide bonds. The molecule has 0 fully saturated rings. The Morgan fingerprint density at radius 1 is 1.00 bits per heavy atom. The summed E-state index contributed by atoms with van der Waals surface area (Å²) < 4.78 is 26.0. The normalized spacial score (nSPS) is 10.5. The van der Waals surface area contributed by atoms with E-state index in [9.17, 15) is 18.4 Å². The van der Waals surface area contributed by atoms with Gasteiger partial charge in [-0.15, -0.1) is 11.8 Å². The van der Waals surface area contributed by atoms with Gasteiger partial charge in [-0.1, -0.05) is 0 Å². The number of benzene rings is 2. The molecule has 27 heavy (non-hydrogen) atoms. The summed E-state index contributed by atoms with van der Waals surface area (Å²) in [5.74, 6) is -1.58. The van der Waals surface area contributed by atoms with E-state index in [2.05, 4.69) is 5.32 Å². The van der Waals surface area contributed by atoms with Crippen LogP contribution in [0.3, 0.4) is 0 Å². The van der Waals surface area contributed by atoms with Crippen molar-refractivity contribution in [2.45, 2.75) is 25.2 Å². The minimum Gasteiger partial charge on any atom is -0.339 e. The molecule has 0 aromatic heterocycles. The highest BCUT2D eigenvalue weighted by molar-refractivity contribution is 7.99. The van der Waals surface area contributed by atoms with Crippen LogP contribution in [0.15, 0.2) is 47.4 Å². The zero-order chi connectivity index (χ0) is 19.8. The molecule has 0 saturated heterocycles. The van der Waals surface area contributed by atoms with Gasteiger partial charge in [0.1, 0.15) is 0 Å². The lowest BCUT2D eigenvalue weighted by Crippen LogP contribution is -2.30. The van der Waals surface area contributed by atoms with Crippen molar-refractivity contribution in [2.24, 2.45) is 0 Å². The second-order valence-electron chi connectivity index (χ2n) is 5.78. The van der Waals surface area contributed by atoms with Crippen LogP contribution in [0.25, 0.3) is 0 Å². The van der Waals surface area contributed by atoms with Crippen molar-refractivity contribution < 1.29 is 18.4 Å². The van der Waals surface area contributed by atoms with Gasteiger partial charge in [0.25, 0.3) is 5.91 Å².